The molecule has 1 aliphatic heterocycles. The van der Waals surface area contributed by atoms with Crippen molar-refractivity contribution >= 4 is 17.3 Å². The molecule has 0 atom stereocenters. The Kier molecular flexibility index (Phi) is 6.81. The van der Waals surface area contributed by atoms with E-state index in [9.17, 15) is 0 Å². The van der Waals surface area contributed by atoms with E-state index in [0.29, 0.717) is 12.5 Å². The fraction of sp³-hybridized carbons (Fsp3) is 0.290. The van der Waals surface area contributed by atoms with Crippen molar-refractivity contribution in [1.29, 1.82) is 5.41 Å². The molecule has 0 spiro atoms. The minimum atomic E-state index is 0.394. The minimum absolute atomic E-state index is 0.394. The van der Waals surface area contributed by atoms with Crippen LogP contribution in [0.1, 0.15) is 42.1 Å². The van der Waals surface area contributed by atoms with Gasteiger partial charge in [0.05, 0.1) is 0 Å². The average molecular weight is 512 g/mol. The molecule has 4 aromatic rings. The predicted molar refractivity (Wildman–Crippen MR) is 148 cm³/mol. The molecule has 0 radical (unpaired) electrons. The van der Waals surface area contributed by atoms with E-state index in [1.165, 1.54) is 5.56 Å². The number of halogens is 1. The van der Waals surface area contributed by atoms with Crippen molar-refractivity contribution in [3.05, 3.63) is 95.0 Å². The third kappa shape index (κ3) is 5.20. The largest absolute Gasteiger partial charge is 0.492 e. The number of fused-ring (bicyclic) bond motifs is 1. The van der Waals surface area contributed by atoms with E-state index in [1.807, 2.05) is 48.8 Å². The first-order valence-corrected chi connectivity index (χ1v) is 13.4. The number of benzene rings is 2. The van der Waals surface area contributed by atoms with Crippen LogP contribution < -0.4 is 4.74 Å². The molecule has 3 heterocycles. The Labute approximate surface area is 222 Å². The van der Waals surface area contributed by atoms with Crippen molar-refractivity contribution in [1.82, 2.24) is 9.88 Å². The molecule has 5 nitrogen and oxygen atoms in total. The normalized spacial score (nSPS) is 16.2. The number of piperidine rings is 1. The van der Waals surface area contributed by atoms with E-state index >= 15 is 0 Å². The summed E-state index contributed by atoms with van der Waals surface area (Å²) in [5, 5.41) is 8.91. The fourth-order valence-corrected chi connectivity index (χ4v) is 5.59. The van der Waals surface area contributed by atoms with Crippen molar-refractivity contribution in [3.8, 4) is 28.2 Å². The summed E-state index contributed by atoms with van der Waals surface area (Å²) < 4.78 is 12.5. The molecular formula is C31H30ClN3O2. The molecule has 2 aromatic carbocycles. The van der Waals surface area contributed by atoms with Crippen molar-refractivity contribution < 1.29 is 9.15 Å². The summed E-state index contributed by atoms with van der Waals surface area (Å²) in [5.74, 6) is 3.22. The van der Waals surface area contributed by atoms with Crippen molar-refractivity contribution in [2.45, 2.75) is 31.6 Å². The number of hydrogen-bond donors (Lipinski definition) is 1. The Morgan fingerprint density at radius 3 is 2.49 bits per heavy atom. The van der Waals surface area contributed by atoms with E-state index in [1.54, 1.807) is 0 Å². The van der Waals surface area contributed by atoms with Crippen LogP contribution in [-0.4, -0.2) is 41.8 Å². The quantitative estimate of drug-likeness (QED) is 0.284. The predicted octanol–water partition coefficient (Wildman–Crippen LogP) is 7.23. The first kappa shape index (κ1) is 24.0. The van der Waals surface area contributed by atoms with Crippen LogP contribution in [0.2, 0.25) is 5.02 Å². The lowest BCUT2D eigenvalue weighted by atomic mass is 9.93. The molecule has 2 aromatic heterocycles. The lowest BCUT2D eigenvalue weighted by molar-refractivity contribution is 0.168. The topological polar surface area (TPSA) is 62.4 Å². The molecule has 1 fully saturated rings. The summed E-state index contributed by atoms with van der Waals surface area (Å²) in [6.07, 6.45) is 7.52. The second kappa shape index (κ2) is 10.5. The SMILES string of the molecule is N=C1CCc2cc(-c3cc(C4CCN(CCOc5ccc(Cl)cc5)CC4)oc3-c3ccncc3)ccc21. The van der Waals surface area contributed by atoms with E-state index in [-0.39, 0.29) is 0 Å². The molecule has 188 valence electrons. The monoisotopic (exact) mass is 511 g/mol. The Hall–Kier alpha value is -3.41. The Balaban J connectivity index is 1.16. The molecule has 1 saturated heterocycles. The molecular weight excluding hydrogens is 482 g/mol. The summed E-state index contributed by atoms with van der Waals surface area (Å²) in [6, 6.07) is 20.3. The van der Waals surface area contributed by atoms with Gasteiger partial charge in [0.1, 0.15) is 23.9 Å². The van der Waals surface area contributed by atoms with Gasteiger partial charge in [-0.2, -0.15) is 0 Å². The third-order valence-corrected chi connectivity index (χ3v) is 7.81. The van der Waals surface area contributed by atoms with E-state index in [2.05, 4.69) is 34.1 Å². The van der Waals surface area contributed by atoms with Crippen LogP contribution in [0.25, 0.3) is 22.5 Å². The van der Waals surface area contributed by atoms with Crippen molar-refractivity contribution in [3.63, 3.8) is 0 Å². The lowest BCUT2D eigenvalue weighted by Gasteiger charge is -2.30. The first-order chi connectivity index (χ1) is 18.1. The standard InChI is InChI=1S/C31H30ClN3O2/c32-25-3-5-26(6-4-25)36-18-17-35-15-11-21(12-16-35)30-20-28(31(37-30)22-9-13-34-14-10-22)24-1-7-27-23(19-24)2-8-29(27)33/h1,3-7,9-10,13-14,19-21,33H,2,8,11-12,15-18H2. The number of nitrogens with one attached hydrogen (secondary N) is 1. The van der Waals surface area contributed by atoms with Crippen LogP contribution in [0.15, 0.2) is 77.5 Å². The van der Waals surface area contributed by atoms with Crippen LogP contribution in [0.3, 0.4) is 0 Å². The van der Waals surface area contributed by atoms with Gasteiger partial charge in [-0.3, -0.25) is 9.88 Å². The summed E-state index contributed by atoms with van der Waals surface area (Å²) in [5.41, 5.74) is 6.43. The molecule has 0 saturated carbocycles. The molecule has 6 heteroatoms. The average Bonchev–Trinajstić information content (AvgIpc) is 3.55. The zero-order chi connectivity index (χ0) is 25.2. The first-order valence-electron chi connectivity index (χ1n) is 13.0. The summed E-state index contributed by atoms with van der Waals surface area (Å²) >= 11 is 5.96. The van der Waals surface area contributed by atoms with E-state index in [4.69, 9.17) is 26.2 Å². The number of aromatic nitrogens is 1. The number of aryl methyl sites for hydroxylation is 1. The highest BCUT2D eigenvalue weighted by molar-refractivity contribution is 6.30. The van der Waals surface area contributed by atoms with Crippen LogP contribution >= 0.6 is 11.6 Å². The fourth-order valence-electron chi connectivity index (χ4n) is 5.46. The van der Waals surface area contributed by atoms with Gasteiger partial charge in [-0.25, -0.2) is 0 Å². The number of hydrogen-bond acceptors (Lipinski definition) is 5. The molecule has 0 bridgehead atoms. The highest BCUT2D eigenvalue weighted by Gasteiger charge is 2.26. The molecule has 0 amide bonds. The molecule has 2 aliphatic rings. The van der Waals surface area contributed by atoms with Crippen molar-refractivity contribution in [2.75, 3.05) is 26.2 Å². The van der Waals surface area contributed by atoms with Gasteiger partial charge in [-0.1, -0.05) is 29.8 Å². The van der Waals surface area contributed by atoms with E-state index in [0.717, 1.165) is 95.6 Å². The molecule has 37 heavy (non-hydrogen) atoms. The second-order valence-corrected chi connectivity index (χ2v) is 10.3. The van der Waals surface area contributed by atoms with Crippen LogP contribution in [0, 0.1) is 5.41 Å². The van der Waals surface area contributed by atoms with Crippen LogP contribution in [0.4, 0.5) is 0 Å². The summed E-state index contributed by atoms with van der Waals surface area (Å²) in [6.45, 7) is 3.62. The van der Waals surface area contributed by atoms with Crippen LogP contribution in [-0.2, 0) is 6.42 Å². The van der Waals surface area contributed by atoms with Gasteiger partial charge in [0.2, 0.25) is 0 Å². The number of ether oxygens (including phenoxy) is 1. The zero-order valence-corrected chi connectivity index (χ0v) is 21.5. The van der Waals surface area contributed by atoms with Gasteiger partial charge in [0, 0.05) is 46.7 Å². The van der Waals surface area contributed by atoms with E-state index < -0.39 is 0 Å². The highest BCUT2D eigenvalue weighted by Crippen LogP contribution is 2.41. The number of furan rings is 1. The number of pyridine rings is 1. The van der Waals surface area contributed by atoms with Gasteiger partial charge >= 0.3 is 0 Å². The van der Waals surface area contributed by atoms with Gasteiger partial charge in [-0.15, -0.1) is 0 Å². The molecule has 1 N–H and O–H groups in total. The number of rotatable bonds is 7. The number of nitrogens with zero attached hydrogens (tertiary/aromatic N) is 2. The zero-order valence-electron chi connectivity index (χ0n) is 20.8. The molecule has 6 rings (SSSR count). The maximum absolute atomic E-state index is 8.19. The number of likely N-dealkylation sites (tertiary alicyclic amines) is 1. The van der Waals surface area contributed by atoms with Crippen molar-refractivity contribution in [2.24, 2.45) is 0 Å². The van der Waals surface area contributed by atoms with Crippen LogP contribution in [0.5, 0.6) is 5.75 Å². The second-order valence-electron chi connectivity index (χ2n) is 9.90. The van der Waals surface area contributed by atoms with Gasteiger partial charge in [0.15, 0.2) is 0 Å². The Morgan fingerprint density at radius 2 is 1.70 bits per heavy atom. The summed E-state index contributed by atoms with van der Waals surface area (Å²) in [4.78, 5) is 6.66. The highest BCUT2D eigenvalue weighted by atomic mass is 35.5. The van der Waals surface area contributed by atoms with Gasteiger partial charge in [0.25, 0.3) is 0 Å². The lowest BCUT2D eigenvalue weighted by Crippen LogP contribution is -2.35. The van der Waals surface area contributed by atoms with Gasteiger partial charge in [-0.05, 0) is 97.9 Å². The molecule has 0 unspecified atom stereocenters. The third-order valence-electron chi connectivity index (χ3n) is 7.56. The minimum Gasteiger partial charge on any atom is -0.492 e. The smallest absolute Gasteiger partial charge is 0.142 e. The Morgan fingerprint density at radius 1 is 0.919 bits per heavy atom. The van der Waals surface area contributed by atoms with Gasteiger partial charge < -0.3 is 14.6 Å². The maximum atomic E-state index is 8.19. The maximum Gasteiger partial charge on any atom is 0.142 e. The molecule has 1 aliphatic carbocycles. The Bertz CT molecular complexity index is 1390. The summed E-state index contributed by atoms with van der Waals surface area (Å²) in [7, 11) is 0.